The van der Waals surface area contributed by atoms with Crippen molar-refractivity contribution in [2.45, 2.75) is 70.4 Å². The summed E-state index contributed by atoms with van der Waals surface area (Å²) in [5, 5.41) is 19.0. The lowest BCUT2D eigenvalue weighted by Crippen LogP contribution is -2.56. The summed E-state index contributed by atoms with van der Waals surface area (Å²) in [6.07, 6.45) is -6.21. The van der Waals surface area contributed by atoms with Crippen LogP contribution < -0.4 is 9.80 Å². The van der Waals surface area contributed by atoms with E-state index in [9.17, 15) is 46.5 Å². The fourth-order valence-electron chi connectivity index (χ4n) is 10.4. The van der Waals surface area contributed by atoms with Gasteiger partial charge in [0.2, 0.25) is 0 Å². The second-order valence-electron chi connectivity index (χ2n) is 18.4. The van der Waals surface area contributed by atoms with E-state index in [1.165, 1.54) is 34.1 Å². The number of quaternary nitrogens is 1. The molecule has 4 amide bonds. The number of piperidine rings is 1. The van der Waals surface area contributed by atoms with E-state index in [0.717, 1.165) is 53.3 Å². The second-order valence-corrected chi connectivity index (χ2v) is 19.5. The maximum atomic E-state index is 15.1. The molecule has 0 aliphatic carbocycles. The number of nitrogens with zero attached hydrogens (tertiary/aromatic N) is 7. The molecule has 4 aromatic carbocycles. The van der Waals surface area contributed by atoms with Crippen LogP contribution in [0.25, 0.3) is 0 Å². The van der Waals surface area contributed by atoms with Crippen LogP contribution >= 0.6 is 31.9 Å². The highest BCUT2D eigenvalue weighted by Gasteiger charge is 2.47. The predicted molar refractivity (Wildman–Crippen MR) is 278 cm³/mol. The quantitative estimate of drug-likeness (QED) is 0.0414. The molecule has 3 heterocycles. The zero-order valence-corrected chi connectivity index (χ0v) is 44.8. The summed E-state index contributed by atoms with van der Waals surface area (Å²) in [4.78, 5) is 63.7. The molecule has 76 heavy (non-hydrogen) atoms. The Labute approximate surface area is 453 Å². The normalized spacial score (nSPS) is 18.2. The molecule has 0 aromatic heterocycles. The fourth-order valence-corrected chi connectivity index (χ4v) is 11.5. The third-order valence-corrected chi connectivity index (χ3v) is 14.9. The molecule has 0 radical (unpaired) electrons. The SMILES string of the molecule is CCOC(=O)C1=C(CBr)N(c2cccc(C(F)(F)F)c2)C(=O)N(CCC[N+]2(CCCN3C(=O)N(c4cccc(C(F)(F)F)c4)C(CBr)=C(C(=O)OCC)[C@H]3c3ccc(C#N)cc3)CCCCC2)[C@@H]1c1ccc(C#N)cc1. The maximum absolute atomic E-state index is 15.1. The van der Waals surface area contributed by atoms with Crippen molar-refractivity contribution in [2.75, 3.05) is 72.9 Å². The zero-order valence-electron chi connectivity index (χ0n) is 41.6. The van der Waals surface area contributed by atoms with E-state index in [0.29, 0.717) is 65.8 Å². The summed E-state index contributed by atoms with van der Waals surface area (Å²) < 4.78 is 96.7. The van der Waals surface area contributed by atoms with Gasteiger partial charge < -0.3 is 23.8 Å². The van der Waals surface area contributed by atoms with Crippen molar-refractivity contribution < 1.29 is 59.5 Å². The van der Waals surface area contributed by atoms with Crippen LogP contribution in [0.1, 0.15) is 91.4 Å². The lowest BCUT2D eigenvalue weighted by atomic mass is 9.91. The Morgan fingerprint density at radius 2 is 1.00 bits per heavy atom. The van der Waals surface area contributed by atoms with Crippen molar-refractivity contribution in [3.63, 3.8) is 0 Å². The van der Waals surface area contributed by atoms with Crippen molar-refractivity contribution in [3.05, 3.63) is 153 Å². The van der Waals surface area contributed by atoms with Crippen LogP contribution in [0.2, 0.25) is 0 Å². The Hall–Kier alpha value is -6.68. The summed E-state index contributed by atoms with van der Waals surface area (Å²) in [6, 6.07) is 21.8. The number of hydrogen-bond donors (Lipinski definition) is 0. The Morgan fingerprint density at radius 1 is 0.618 bits per heavy atom. The van der Waals surface area contributed by atoms with Crippen LogP contribution in [0.5, 0.6) is 0 Å². The Morgan fingerprint density at radius 3 is 1.33 bits per heavy atom. The highest BCUT2D eigenvalue weighted by molar-refractivity contribution is 9.09. The number of allylic oxidation sites excluding steroid dienone is 2. The first kappa shape index (κ1) is 57.0. The number of halogens is 8. The first-order valence-electron chi connectivity index (χ1n) is 24.7. The second kappa shape index (κ2) is 24.5. The minimum absolute atomic E-state index is 0.0117. The van der Waals surface area contributed by atoms with Crippen LogP contribution in [0, 0.1) is 22.7 Å². The zero-order chi connectivity index (χ0) is 55.0. The fraction of sp³-hybridized carbons (Fsp3) is 0.382. The van der Waals surface area contributed by atoms with E-state index in [1.807, 2.05) is 0 Å². The van der Waals surface area contributed by atoms with Crippen molar-refractivity contribution in [1.29, 1.82) is 10.5 Å². The number of amides is 4. The number of benzene rings is 4. The predicted octanol–water partition coefficient (Wildman–Crippen LogP) is 12.3. The smallest absolute Gasteiger partial charge is 0.416 e. The van der Waals surface area contributed by atoms with E-state index in [-0.39, 0.29) is 70.9 Å². The molecule has 0 unspecified atom stereocenters. The van der Waals surface area contributed by atoms with Gasteiger partial charge in [0.25, 0.3) is 0 Å². The van der Waals surface area contributed by atoms with Crippen molar-refractivity contribution in [3.8, 4) is 12.1 Å². The average molecular weight is 1180 g/mol. The van der Waals surface area contributed by atoms with Crippen molar-refractivity contribution >= 4 is 67.2 Å². The molecule has 0 spiro atoms. The molecule has 1 saturated heterocycles. The third-order valence-electron chi connectivity index (χ3n) is 13.9. The van der Waals surface area contributed by atoms with E-state index < -0.39 is 59.6 Å². The molecule has 3 aliphatic rings. The Bertz CT molecular complexity index is 2760. The summed E-state index contributed by atoms with van der Waals surface area (Å²) in [6.45, 7) is 5.50. The first-order valence-corrected chi connectivity index (χ1v) is 26.9. The van der Waals surface area contributed by atoms with Crippen molar-refractivity contribution in [1.82, 2.24) is 9.80 Å². The van der Waals surface area contributed by atoms with E-state index in [1.54, 1.807) is 62.4 Å². The molecule has 21 heteroatoms. The van der Waals surface area contributed by atoms with Crippen LogP contribution in [-0.4, -0.2) is 101 Å². The largest absolute Gasteiger partial charge is 0.463 e. The molecule has 3 aliphatic heterocycles. The highest BCUT2D eigenvalue weighted by atomic mass is 79.9. The molecule has 1 fully saturated rings. The lowest BCUT2D eigenvalue weighted by Gasteiger charge is -2.46. The number of carbonyl (C=O) groups excluding carboxylic acids is 4. The van der Waals surface area contributed by atoms with Gasteiger partial charge >= 0.3 is 36.4 Å². The average Bonchev–Trinajstić information content (AvgIpc) is 3.41. The molecule has 400 valence electrons. The number of hydrogen-bond acceptors (Lipinski definition) is 8. The molecule has 0 bridgehead atoms. The molecule has 0 N–H and O–H groups in total. The van der Waals surface area contributed by atoms with E-state index in [2.05, 4.69) is 44.0 Å². The summed E-state index contributed by atoms with van der Waals surface area (Å²) >= 11 is 6.85. The molecular weight excluding hydrogens is 1130 g/mol. The molecule has 4 aromatic rings. The van der Waals surface area contributed by atoms with Gasteiger partial charge in [-0.2, -0.15) is 36.9 Å². The van der Waals surface area contributed by atoms with Crippen molar-refractivity contribution in [2.24, 2.45) is 0 Å². The number of carbonyl (C=O) groups is 4. The van der Waals surface area contributed by atoms with Gasteiger partial charge in [-0.25, -0.2) is 19.2 Å². The number of ether oxygens (including phenoxy) is 2. The Balaban J connectivity index is 1.25. The number of likely N-dealkylation sites (tertiary alicyclic amines) is 1. The number of esters is 2. The van der Waals surface area contributed by atoms with Crippen LogP contribution in [0.3, 0.4) is 0 Å². The van der Waals surface area contributed by atoms with Gasteiger partial charge in [-0.15, -0.1) is 0 Å². The molecule has 7 rings (SSSR count). The van der Waals surface area contributed by atoms with Gasteiger partial charge in [0.05, 0.1) is 120 Å². The standard InChI is InChI=1S/C55H54Br2F6N7O6/c1-3-75-50(71)46-44(32-56)68(42-14-8-12-40(30-42)54(58,59)60)52(73)66(48(46)38-20-16-36(34-64)17-21-38)24-10-28-70(26-6-5-7-27-70)29-11-25-67-49(39-22-18-37(35-65)19-23-39)47(51(72)76-4-2)45(33-57)69(53(67)74)43-15-9-13-41(31-43)55(61,62)63/h8-9,12-23,30-31,48-49H,3-7,10-11,24-29,32-33H2,1-2H3/q+1/t48-,49-/m1/s1. The minimum Gasteiger partial charge on any atom is -0.463 e. The topological polar surface area (TPSA) is 147 Å². The first-order chi connectivity index (χ1) is 36.3. The molecular formula is C55H54Br2F6N7O6+. The van der Waals surface area contributed by atoms with Crippen LogP contribution in [0.4, 0.5) is 47.3 Å². The number of anilines is 2. The van der Waals surface area contributed by atoms with Gasteiger partial charge in [0, 0.05) is 36.6 Å². The lowest BCUT2D eigenvalue weighted by molar-refractivity contribution is -0.932. The Kier molecular flexibility index (Phi) is 18.4. The monoisotopic (exact) mass is 1180 g/mol. The minimum atomic E-state index is -4.75. The molecule has 13 nitrogen and oxygen atoms in total. The van der Waals surface area contributed by atoms with Gasteiger partial charge in [-0.05, 0) is 105 Å². The number of urea groups is 2. The highest BCUT2D eigenvalue weighted by Crippen LogP contribution is 2.45. The third kappa shape index (κ3) is 12.3. The van der Waals surface area contributed by atoms with Gasteiger partial charge in [-0.1, -0.05) is 68.3 Å². The van der Waals surface area contributed by atoms with Gasteiger partial charge in [0.1, 0.15) is 0 Å². The summed E-state index contributed by atoms with van der Waals surface area (Å²) in [5.74, 6) is -1.58. The summed E-state index contributed by atoms with van der Waals surface area (Å²) in [7, 11) is 0. The van der Waals surface area contributed by atoms with Gasteiger partial charge in [0.15, 0.2) is 0 Å². The van der Waals surface area contributed by atoms with E-state index in [4.69, 9.17) is 9.47 Å². The number of alkyl halides is 8. The number of rotatable bonds is 18. The van der Waals surface area contributed by atoms with Crippen LogP contribution in [-0.2, 0) is 31.4 Å². The van der Waals surface area contributed by atoms with E-state index >= 15 is 9.59 Å². The van der Waals surface area contributed by atoms with Gasteiger partial charge in [-0.3, -0.25) is 9.80 Å². The molecule has 2 atom stereocenters. The number of nitriles is 2. The summed E-state index contributed by atoms with van der Waals surface area (Å²) in [5.41, 5.74) is -0.511. The van der Waals surface area contributed by atoms with Crippen LogP contribution in [0.15, 0.2) is 120 Å². The maximum Gasteiger partial charge on any atom is 0.416 e. The molecule has 0 saturated carbocycles.